The van der Waals surface area contributed by atoms with Gasteiger partial charge in [0.05, 0.1) is 0 Å². The molecule has 0 fully saturated rings. The van der Waals surface area contributed by atoms with Gasteiger partial charge in [-0.1, -0.05) is 0 Å². The third-order valence-corrected chi connectivity index (χ3v) is 2.97. The summed E-state index contributed by atoms with van der Waals surface area (Å²) in [6, 6.07) is 0.904. The van der Waals surface area contributed by atoms with Crippen molar-refractivity contribution in [3.63, 3.8) is 0 Å². The lowest BCUT2D eigenvalue weighted by Gasteiger charge is -2.19. The first kappa shape index (κ1) is 14.1. The Hall–Kier alpha value is 0.0700. The maximum atomic E-state index is 10.9. The molecule has 3 atom stereocenters. The van der Waals surface area contributed by atoms with Crippen LogP contribution < -0.4 is 5.32 Å². The first-order valence-electron chi connectivity index (χ1n) is 5.11. The second-order valence-corrected chi connectivity index (χ2v) is 5.37. The molecule has 0 amide bonds. The standard InChI is InChI=1S/C10H23NO2S/c1-9(5-7-13-3)11-10(2)6-8-14(4)12/h9-11H,5-8H2,1-4H3. The van der Waals surface area contributed by atoms with Gasteiger partial charge in [-0.05, 0) is 26.7 Å². The quantitative estimate of drug-likeness (QED) is 0.668. The highest BCUT2D eigenvalue weighted by atomic mass is 32.2. The molecule has 1 N–H and O–H groups in total. The second kappa shape index (κ2) is 8.38. The fourth-order valence-electron chi connectivity index (χ4n) is 1.29. The predicted octanol–water partition coefficient (Wildman–Crippen LogP) is 1.16. The van der Waals surface area contributed by atoms with Crippen LogP contribution in [0.2, 0.25) is 0 Å². The van der Waals surface area contributed by atoms with E-state index in [1.807, 2.05) is 0 Å². The summed E-state index contributed by atoms with van der Waals surface area (Å²) in [5, 5.41) is 3.46. The van der Waals surface area contributed by atoms with Crippen molar-refractivity contribution in [2.45, 2.75) is 38.8 Å². The molecular formula is C10H23NO2S. The van der Waals surface area contributed by atoms with Gasteiger partial charge in [-0.25, -0.2) is 0 Å². The maximum Gasteiger partial charge on any atom is 0.0476 e. The van der Waals surface area contributed by atoms with E-state index in [1.54, 1.807) is 13.4 Å². The van der Waals surface area contributed by atoms with Gasteiger partial charge in [0.25, 0.3) is 0 Å². The minimum Gasteiger partial charge on any atom is -0.385 e. The predicted molar refractivity (Wildman–Crippen MR) is 62.1 cm³/mol. The molecule has 3 unspecified atom stereocenters. The normalized spacial score (nSPS) is 17.7. The van der Waals surface area contributed by atoms with Crippen molar-refractivity contribution in [1.29, 1.82) is 0 Å². The van der Waals surface area contributed by atoms with Crippen molar-refractivity contribution in [2.75, 3.05) is 25.7 Å². The van der Waals surface area contributed by atoms with Crippen LogP contribution in [0.5, 0.6) is 0 Å². The van der Waals surface area contributed by atoms with E-state index >= 15 is 0 Å². The summed E-state index contributed by atoms with van der Waals surface area (Å²) >= 11 is 0. The summed E-state index contributed by atoms with van der Waals surface area (Å²) in [7, 11) is 1.05. The van der Waals surface area contributed by atoms with Crippen LogP contribution in [0.25, 0.3) is 0 Å². The van der Waals surface area contributed by atoms with Crippen molar-refractivity contribution >= 4 is 10.8 Å². The Morgan fingerprint density at radius 2 is 1.86 bits per heavy atom. The Labute approximate surface area is 90.1 Å². The third-order valence-electron chi connectivity index (χ3n) is 2.16. The van der Waals surface area contributed by atoms with E-state index in [0.717, 1.165) is 25.2 Å². The van der Waals surface area contributed by atoms with Crippen LogP contribution in [0.1, 0.15) is 26.7 Å². The van der Waals surface area contributed by atoms with Gasteiger partial charge in [0.1, 0.15) is 0 Å². The minimum atomic E-state index is -0.671. The van der Waals surface area contributed by atoms with Crippen LogP contribution in [0.4, 0.5) is 0 Å². The first-order chi connectivity index (χ1) is 6.56. The SMILES string of the molecule is COCCC(C)NC(C)CCS(C)=O. The van der Waals surface area contributed by atoms with Gasteiger partial charge in [0, 0.05) is 48.6 Å². The zero-order valence-electron chi connectivity index (χ0n) is 9.71. The number of rotatable bonds is 8. The molecule has 0 aliphatic heterocycles. The van der Waals surface area contributed by atoms with E-state index in [9.17, 15) is 4.21 Å². The summed E-state index contributed by atoms with van der Waals surface area (Å²) in [6.07, 6.45) is 3.75. The fraction of sp³-hybridized carbons (Fsp3) is 1.00. The molecule has 0 aromatic rings. The molecule has 14 heavy (non-hydrogen) atoms. The topological polar surface area (TPSA) is 38.3 Å². The van der Waals surface area contributed by atoms with E-state index in [1.165, 1.54) is 0 Å². The fourth-order valence-corrected chi connectivity index (χ4v) is 1.98. The number of nitrogens with one attached hydrogen (secondary N) is 1. The molecule has 0 saturated carbocycles. The minimum absolute atomic E-state index is 0.436. The van der Waals surface area contributed by atoms with Crippen LogP contribution in [0, 0.1) is 0 Å². The average molecular weight is 221 g/mol. The van der Waals surface area contributed by atoms with E-state index in [0.29, 0.717) is 12.1 Å². The summed E-state index contributed by atoms with van der Waals surface area (Å²) in [5.74, 6) is 0.783. The van der Waals surface area contributed by atoms with E-state index in [-0.39, 0.29) is 0 Å². The number of methoxy groups -OCH3 is 1. The third kappa shape index (κ3) is 8.66. The smallest absolute Gasteiger partial charge is 0.0476 e. The molecule has 0 saturated heterocycles. The Morgan fingerprint density at radius 1 is 1.29 bits per heavy atom. The molecule has 0 radical (unpaired) electrons. The zero-order valence-corrected chi connectivity index (χ0v) is 10.5. The van der Waals surface area contributed by atoms with E-state index in [2.05, 4.69) is 19.2 Å². The molecule has 0 aliphatic rings. The monoisotopic (exact) mass is 221 g/mol. The highest BCUT2D eigenvalue weighted by Crippen LogP contribution is 1.98. The summed E-state index contributed by atoms with van der Waals surface area (Å²) in [5.41, 5.74) is 0. The molecule has 0 rings (SSSR count). The van der Waals surface area contributed by atoms with Crippen LogP contribution >= 0.6 is 0 Å². The van der Waals surface area contributed by atoms with Crippen molar-refractivity contribution in [3.05, 3.63) is 0 Å². The Bertz CT molecular complexity index is 164. The molecule has 0 spiro atoms. The Kier molecular flexibility index (Phi) is 8.43. The Balaban J connectivity index is 3.49. The van der Waals surface area contributed by atoms with Gasteiger partial charge < -0.3 is 10.1 Å². The Morgan fingerprint density at radius 3 is 2.36 bits per heavy atom. The summed E-state index contributed by atoms with van der Waals surface area (Å²) < 4.78 is 15.9. The molecule has 4 heteroatoms. The largest absolute Gasteiger partial charge is 0.385 e. The van der Waals surface area contributed by atoms with Crippen molar-refractivity contribution in [2.24, 2.45) is 0 Å². The van der Waals surface area contributed by atoms with Crippen LogP contribution in [-0.4, -0.2) is 42.0 Å². The number of ether oxygens (including phenoxy) is 1. The van der Waals surface area contributed by atoms with Gasteiger partial charge in [0.2, 0.25) is 0 Å². The van der Waals surface area contributed by atoms with E-state index in [4.69, 9.17) is 4.74 Å². The van der Waals surface area contributed by atoms with Crippen LogP contribution in [-0.2, 0) is 15.5 Å². The first-order valence-corrected chi connectivity index (χ1v) is 6.84. The zero-order chi connectivity index (χ0) is 11.0. The highest BCUT2D eigenvalue weighted by molar-refractivity contribution is 7.84. The average Bonchev–Trinajstić information content (AvgIpc) is 2.11. The molecule has 0 bridgehead atoms. The molecule has 86 valence electrons. The van der Waals surface area contributed by atoms with Gasteiger partial charge in [-0.15, -0.1) is 0 Å². The molecular weight excluding hydrogens is 198 g/mol. The molecule has 0 aromatic carbocycles. The van der Waals surface area contributed by atoms with Gasteiger partial charge in [-0.3, -0.25) is 4.21 Å². The summed E-state index contributed by atoms with van der Waals surface area (Å²) in [4.78, 5) is 0. The molecule has 0 aromatic heterocycles. The van der Waals surface area contributed by atoms with Gasteiger partial charge in [-0.2, -0.15) is 0 Å². The lowest BCUT2D eigenvalue weighted by molar-refractivity contribution is 0.183. The van der Waals surface area contributed by atoms with Crippen molar-refractivity contribution < 1.29 is 8.95 Å². The number of hydrogen-bond acceptors (Lipinski definition) is 3. The molecule has 0 heterocycles. The second-order valence-electron chi connectivity index (χ2n) is 3.82. The van der Waals surface area contributed by atoms with Crippen LogP contribution in [0.3, 0.4) is 0 Å². The van der Waals surface area contributed by atoms with Crippen molar-refractivity contribution in [3.8, 4) is 0 Å². The van der Waals surface area contributed by atoms with Crippen LogP contribution in [0.15, 0.2) is 0 Å². The molecule has 0 aliphatic carbocycles. The lowest BCUT2D eigenvalue weighted by Crippen LogP contribution is -2.35. The van der Waals surface area contributed by atoms with Crippen molar-refractivity contribution in [1.82, 2.24) is 5.32 Å². The lowest BCUT2D eigenvalue weighted by atomic mass is 10.2. The van der Waals surface area contributed by atoms with Gasteiger partial charge >= 0.3 is 0 Å². The molecule has 3 nitrogen and oxygen atoms in total. The highest BCUT2D eigenvalue weighted by Gasteiger charge is 2.07. The number of hydrogen-bond donors (Lipinski definition) is 1. The van der Waals surface area contributed by atoms with Gasteiger partial charge in [0.15, 0.2) is 0 Å². The van der Waals surface area contributed by atoms with E-state index < -0.39 is 10.8 Å². The maximum absolute atomic E-state index is 10.9. The summed E-state index contributed by atoms with van der Waals surface area (Å²) in [6.45, 7) is 5.08.